The van der Waals surface area contributed by atoms with E-state index in [1.807, 2.05) is 44.2 Å². The van der Waals surface area contributed by atoms with Crippen LogP contribution in [0.25, 0.3) is 0 Å². The van der Waals surface area contributed by atoms with E-state index in [-0.39, 0.29) is 18.5 Å². The monoisotopic (exact) mass is 364 g/mol. The molecule has 0 fully saturated rings. The molecule has 0 radical (unpaired) electrons. The SMILES string of the molecule is CC(C)N(C(=O)CNc1ccc(Br)cc1F)c1ccccc1. The standard InChI is InChI=1S/C17H18BrFN2O/c1-12(2)21(14-6-4-3-5-7-14)17(22)11-20-16-9-8-13(18)10-15(16)19/h3-10,12,20H,11H2,1-2H3. The van der Waals surface area contributed by atoms with Crippen LogP contribution in [0.3, 0.4) is 0 Å². The lowest BCUT2D eigenvalue weighted by atomic mass is 10.2. The van der Waals surface area contributed by atoms with Crippen molar-refractivity contribution in [3.8, 4) is 0 Å². The molecule has 0 saturated heterocycles. The summed E-state index contributed by atoms with van der Waals surface area (Å²) in [5.41, 5.74) is 1.15. The second kappa shape index (κ2) is 7.40. The van der Waals surface area contributed by atoms with Crippen LogP contribution >= 0.6 is 15.9 Å². The maximum Gasteiger partial charge on any atom is 0.246 e. The Morgan fingerprint density at radius 1 is 1.23 bits per heavy atom. The molecule has 0 aliphatic rings. The van der Waals surface area contributed by atoms with Crippen LogP contribution in [0.4, 0.5) is 15.8 Å². The van der Waals surface area contributed by atoms with E-state index in [1.165, 1.54) is 6.07 Å². The Kier molecular flexibility index (Phi) is 5.55. The van der Waals surface area contributed by atoms with Crippen LogP contribution < -0.4 is 10.2 Å². The van der Waals surface area contributed by atoms with Gasteiger partial charge in [-0.15, -0.1) is 0 Å². The Hall–Kier alpha value is -1.88. The Morgan fingerprint density at radius 2 is 1.91 bits per heavy atom. The van der Waals surface area contributed by atoms with Crippen molar-refractivity contribution < 1.29 is 9.18 Å². The van der Waals surface area contributed by atoms with E-state index in [0.29, 0.717) is 10.2 Å². The molecule has 22 heavy (non-hydrogen) atoms. The molecular formula is C17H18BrFN2O. The lowest BCUT2D eigenvalue weighted by Gasteiger charge is -2.27. The first-order valence-electron chi connectivity index (χ1n) is 7.05. The third kappa shape index (κ3) is 4.07. The summed E-state index contributed by atoms with van der Waals surface area (Å²) in [5.74, 6) is -0.499. The third-order valence-corrected chi connectivity index (χ3v) is 3.67. The van der Waals surface area contributed by atoms with Gasteiger partial charge in [0.05, 0.1) is 12.2 Å². The van der Waals surface area contributed by atoms with Gasteiger partial charge in [0.1, 0.15) is 5.82 Å². The Labute approximate surface area is 138 Å². The quantitative estimate of drug-likeness (QED) is 0.850. The van der Waals surface area contributed by atoms with Crippen LogP contribution in [0.15, 0.2) is 53.0 Å². The summed E-state index contributed by atoms with van der Waals surface area (Å²) in [7, 11) is 0. The molecule has 2 rings (SSSR count). The molecule has 0 atom stereocenters. The van der Waals surface area contributed by atoms with Gasteiger partial charge in [0, 0.05) is 16.2 Å². The molecule has 2 aromatic carbocycles. The predicted molar refractivity (Wildman–Crippen MR) is 91.7 cm³/mol. The van der Waals surface area contributed by atoms with Gasteiger partial charge in [-0.25, -0.2) is 4.39 Å². The Bertz CT molecular complexity index is 646. The topological polar surface area (TPSA) is 32.3 Å². The van der Waals surface area contributed by atoms with E-state index in [2.05, 4.69) is 21.2 Å². The van der Waals surface area contributed by atoms with Crippen molar-refractivity contribution in [1.82, 2.24) is 0 Å². The summed E-state index contributed by atoms with van der Waals surface area (Å²) in [6.45, 7) is 3.93. The molecule has 0 saturated carbocycles. The number of nitrogens with one attached hydrogen (secondary N) is 1. The number of carbonyl (C=O) groups excluding carboxylic acids is 1. The van der Waals surface area contributed by atoms with Crippen LogP contribution in [-0.4, -0.2) is 18.5 Å². The van der Waals surface area contributed by atoms with Crippen LogP contribution in [0.2, 0.25) is 0 Å². The lowest BCUT2D eigenvalue weighted by molar-refractivity contribution is -0.117. The Morgan fingerprint density at radius 3 is 2.50 bits per heavy atom. The van der Waals surface area contributed by atoms with Gasteiger partial charge in [0.15, 0.2) is 0 Å². The molecule has 116 valence electrons. The van der Waals surface area contributed by atoms with Crippen LogP contribution in [-0.2, 0) is 4.79 Å². The minimum absolute atomic E-state index is 0.0199. The van der Waals surface area contributed by atoms with Gasteiger partial charge in [0.2, 0.25) is 5.91 Å². The van der Waals surface area contributed by atoms with E-state index in [1.54, 1.807) is 17.0 Å². The number of carbonyl (C=O) groups is 1. The first-order chi connectivity index (χ1) is 10.5. The maximum atomic E-state index is 13.8. The van der Waals surface area contributed by atoms with Crippen LogP contribution in [0.1, 0.15) is 13.8 Å². The molecule has 0 spiro atoms. The number of nitrogens with zero attached hydrogens (tertiary/aromatic N) is 1. The zero-order chi connectivity index (χ0) is 16.1. The largest absolute Gasteiger partial charge is 0.374 e. The van der Waals surface area contributed by atoms with E-state index in [9.17, 15) is 9.18 Å². The molecule has 1 N–H and O–H groups in total. The summed E-state index contributed by atoms with van der Waals surface area (Å²) in [6.07, 6.45) is 0. The number of halogens is 2. The predicted octanol–water partition coefficient (Wildman–Crippen LogP) is 4.44. The summed E-state index contributed by atoms with van der Waals surface area (Å²) in [6, 6.07) is 14.2. The van der Waals surface area contributed by atoms with Gasteiger partial charge in [-0.2, -0.15) is 0 Å². The molecule has 0 heterocycles. The normalized spacial score (nSPS) is 10.6. The molecule has 0 aliphatic carbocycles. The fourth-order valence-corrected chi connectivity index (χ4v) is 2.54. The molecule has 1 amide bonds. The molecule has 0 aromatic heterocycles. The molecule has 0 aliphatic heterocycles. The van der Waals surface area contributed by atoms with E-state index in [0.717, 1.165) is 5.69 Å². The number of amides is 1. The first-order valence-corrected chi connectivity index (χ1v) is 7.84. The number of para-hydroxylation sites is 1. The molecule has 0 unspecified atom stereocenters. The van der Waals surface area contributed by atoms with E-state index >= 15 is 0 Å². The zero-order valence-corrected chi connectivity index (χ0v) is 14.1. The van der Waals surface area contributed by atoms with Crippen molar-refractivity contribution in [3.63, 3.8) is 0 Å². The number of benzene rings is 2. The highest BCUT2D eigenvalue weighted by molar-refractivity contribution is 9.10. The second-order valence-corrected chi connectivity index (χ2v) is 6.09. The lowest BCUT2D eigenvalue weighted by Crippen LogP contribution is -2.40. The summed E-state index contributed by atoms with van der Waals surface area (Å²) in [5, 5.41) is 2.86. The van der Waals surface area contributed by atoms with Crippen molar-refractivity contribution in [2.24, 2.45) is 0 Å². The highest BCUT2D eigenvalue weighted by Gasteiger charge is 2.18. The van der Waals surface area contributed by atoms with Crippen LogP contribution in [0, 0.1) is 5.82 Å². The Balaban J connectivity index is 2.09. The van der Waals surface area contributed by atoms with Crippen molar-refractivity contribution in [3.05, 3.63) is 58.8 Å². The minimum Gasteiger partial charge on any atom is -0.374 e. The van der Waals surface area contributed by atoms with Gasteiger partial charge in [-0.05, 0) is 44.2 Å². The first kappa shape index (κ1) is 16.5. The van der Waals surface area contributed by atoms with Gasteiger partial charge < -0.3 is 10.2 Å². The van der Waals surface area contributed by atoms with Crippen LogP contribution in [0.5, 0.6) is 0 Å². The van der Waals surface area contributed by atoms with Gasteiger partial charge in [0.25, 0.3) is 0 Å². The zero-order valence-electron chi connectivity index (χ0n) is 12.5. The molecule has 2 aromatic rings. The minimum atomic E-state index is -0.391. The van der Waals surface area contributed by atoms with Crippen molar-refractivity contribution in [1.29, 1.82) is 0 Å². The van der Waals surface area contributed by atoms with E-state index in [4.69, 9.17) is 0 Å². The maximum absolute atomic E-state index is 13.8. The number of hydrogen-bond acceptors (Lipinski definition) is 2. The number of rotatable bonds is 5. The van der Waals surface area contributed by atoms with Gasteiger partial charge in [-0.1, -0.05) is 34.1 Å². The fourth-order valence-electron chi connectivity index (χ4n) is 2.21. The van der Waals surface area contributed by atoms with Crippen molar-refractivity contribution in [2.45, 2.75) is 19.9 Å². The van der Waals surface area contributed by atoms with Gasteiger partial charge >= 0.3 is 0 Å². The van der Waals surface area contributed by atoms with Crippen molar-refractivity contribution >= 4 is 33.2 Å². The third-order valence-electron chi connectivity index (χ3n) is 3.18. The van der Waals surface area contributed by atoms with Crippen molar-refractivity contribution in [2.75, 3.05) is 16.8 Å². The second-order valence-electron chi connectivity index (χ2n) is 5.17. The average molecular weight is 365 g/mol. The smallest absolute Gasteiger partial charge is 0.246 e. The average Bonchev–Trinajstić information content (AvgIpc) is 2.47. The fraction of sp³-hybridized carbons (Fsp3) is 0.235. The molecular weight excluding hydrogens is 347 g/mol. The summed E-state index contributed by atoms with van der Waals surface area (Å²) < 4.78 is 14.4. The van der Waals surface area contributed by atoms with Gasteiger partial charge in [-0.3, -0.25) is 4.79 Å². The number of anilines is 2. The highest BCUT2D eigenvalue weighted by atomic mass is 79.9. The number of hydrogen-bond donors (Lipinski definition) is 1. The summed E-state index contributed by atoms with van der Waals surface area (Å²) >= 11 is 3.21. The van der Waals surface area contributed by atoms with E-state index < -0.39 is 5.82 Å². The molecule has 5 heteroatoms. The highest BCUT2D eigenvalue weighted by Crippen LogP contribution is 2.20. The molecule has 0 bridgehead atoms. The molecule has 3 nitrogen and oxygen atoms in total. The summed E-state index contributed by atoms with van der Waals surface area (Å²) in [4.78, 5) is 14.2.